The third kappa shape index (κ3) is 4.31. The number of ether oxygens (including phenoxy) is 1. The van der Waals surface area contributed by atoms with Crippen molar-refractivity contribution in [3.8, 4) is 0 Å². The Morgan fingerprint density at radius 3 is 2.61 bits per heavy atom. The van der Waals surface area contributed by atoms with Gasteiger partial charge in [0.15, 0.2) is 0 Å². The Labute approximate surface area is 110 Å². The number of carbonyl (C=O) groups excluding carboxylic acids is 1. The van der Waals surface area contributed by atoms with Crippen molar-refractivity contribution in [1.29, 1.82) is 0 Å². The molecular formula is C14H13NO2S. The average Bonchev–Trinajstić information content (AvgIpc) is 2.41. The number of aromatic nitrogens is 1. The second-order valence-electron chi connectivity index (χ2n) is 3.62. The van der Waals surface area contributed by atoms with Crippen molar-refractivity contribution >= 4 is 16.9 Å². The fraction of sp³-hybridized carbons (Fsp3) is 0.143. The monoisotopic (exact) mass is 259 g/mol. The van der Waals surface area contributed by atoms with Gasteiger partial charge in [0.05, 0.1) is 6.61 Å². The van der Waals surface area contributed by atoms with Crippen LogP contribution in [0.15, 0.2) is 59.8 Å². The Morgan fingerprint density at radius 1 is 1.11 bits per heavy atom. The van der Waals surface area contributed by atoms with Crippen LogP contribution in [0.3, 0.4) is 0 Å². The molecule has 0 aliphatic carbocycles. The van der Waals surface area contributed by atoms with Gasteiger partial charge in [0.25, 0.3) is 0 Å². The fourth-order valence-electron chi connectivity index (χ4n) is 1.38. The van der Waals surface area contributed by atoms with E-state index in [1.54, 1.807) is 12.3 Å². The summed E-state index contributed by atoms with van der Waals surface area (Å²) in [7, 11) is 0. The smallest absolute Gasteiger partial charge is 0.220 e. The first-order valence-electron chi connectivity index (χ1n) is 5.58. The molecule has 0 bridgehead atoms. The summed E-state index contributed by atoms with van der Waals surface area (Å²) in [6.45, 7) is 0.547. The molecule has 0 aliphatic heterocycles. The summed E-state index contributed by atoms with van der Waals surface area (Å²) >= 11 is 1.10. The van der Waals surface area contributed by atoms with Gasteiger partial charge in [-0.3, -0.25) is 4.79 Å². The number of rotatable bonds is 5. The van der Waals surface area contributed by atoms with Crippen LogP contribution in [0.1, 0.15) is 5.56 Å². The fourth-order valence-corrected chi connectivity index (χ4v) is 2.02. The third-order valence-electron chi connectivity index (χ3n) is 2.19. The number of hydrogen-bond acceptors (Lipinski definition) is 4. The molecule has 0 fully saturated rings. The Kier molecular flexibility index (Phi) is 4.93. The summed E-state index contributed by atoms with van der Waals surface area (Å²) in [6.07, 6.45) is 1.67. The lowest BCUT2D eigenvalue weighted by Crippen LogP contribution is -2.04. The lowest BCUT2D eigenvalue weighted by atomic mass is 10.2. The van der Waals surface area contributed by atoms with Gasteiger partial charge in [-0.2, -0.15) is 0 Å². The van der Waals surface area contributed by atoms with E-state index in [2.05, 4.69) is 4.98 Å². The average molecular weight is 259 g/mol. The van der Waals surface area contributed by atoms with Crippen LogP contribution in [0.4, 0.5) is 0 Å². The molecule has 0 N–H and O–H groups in total. The van der Waals surface area contributed by atoms with Gasteiger partial charge in [-0.05, 0) is 29.5 Å². The number of nitrogens with zero attached hydrogens (tertiary/aromatic N) is 1. The summed E-state index contributed by atoms with van der Waals surface area (Å²) in [5.41, 5.74) is 1.06. The topological polar surface area (TPSA) is 39.2 Å². The highest BCUT2D eigenvalue weighted by molar-refractivity contribution is 8.13. The predicted octanol–water partition coefficient (Wildman–Crippen LogP) is 2.92. The maximum absolute atomic E-state index is 11.6. The largest absolute Gasteiger partial charge is 0.368 e. The van der Waals surface area contributed by atoms with Crippen LogP contribution in [-0.4, -0.2) is 16.7 Å². The zero-order chi connectivity index (χ0) is 12.6. The minimum atomic E-state index is -0.0374. The van der Waals surface area contributed by atoms with E-state index >= 15 is 0 Å². The van der Waals surface area contributed by atoms with Gasteiger partial charge in [0, 0.05) is 6.20 Å². The first-order chi connectivity index (χ1) is 8.84. The van der Waals surface area contributed by atoms with Crippen LogP contribution >= 0.6 is 11.8 Å². The van der Waals surface area contributed by atoms with Crippen LogP contribution in [0.5, 0.6) is 0 Å². The molecule has 2 rings (SSSR count). The molecule has 0 radical (unpaired) electrons. The maximum atomic E-state index is 11.6. The van der Waals surface area contributed by atoms with Crippen LogP contribution in [0, 0.1) is 0 Å². The lowest BCUT2D eigenvalue weighted by Gasteiger charge is -2.03. The molecule has 1 aromatic carbocycles. The highest BCUT2D eigenvalue weighted by Crippen LogP contribution is 2.15. The van der Waals surface area contributed by atoms with Crippen molar-refractivity contribution in [3.63, 3.8) is 0 Å². The van der Waals surface area contributed by atoms with Gasteiger partial charge in [0.1, 0.15) is 11.6 Å². The molecule has 0 unspecified atom stereocenters. The molecule has 4 heteroatoms. The molecule has 0 amide bonds. The van der Waals surface area contributed by atoms with E-state index in [0.717, 1.165) is 17.3 Å². The van der Waals surface area contributed by atoms with Crippen molar-refractivity contribution in [2.24, 2.45) is 0 Å². The molecule has 0 aliphatic rings. The third-order valence-corrected chi connectivity index (χ3v) is 2.98. The van der Waals surface area contributed by atoms with Gasteiger partial charge in [-0.1, -0.05) is 36.4 Å². The van der Waals surface area contributed by atoms with E-state index in [9.17, 15) is 4.79 Å². The summed E-state index contributed by atoms with van der Waals surface area (Å²) in [5.74, 6) is 0. The summed E-state index contributed by atoms with van der Waals surface area (Å²) < 4.78 is 5.36. The minimum absolute atomic E-state index is 0.0374. The second-order valence-corrected chi connectivity index (χ2v) is 4.70. The Hall–Kier alpha value is -1.65. The van der Waals surface area contributed by atoms with E-state index in [1.165, 1.54) is 0 Å². The van der Waals surface area contributed by atoms with Crippen LogP contribution < -0.4 is 0 Å². The van der Waals surface area contributed by atoms with Gasteiger partial charge in [-0.25, -0.2) is 4.98 Å². The zero-order valence-electron chi connectivity index (χ0n) is 9.78. The molecule has 0 saturated carbocycles. The van der Waals surface area contributed by atoms with Gasteiger partial charge in [0.2, 0.25) is 5.12 Å². The van der Waals surface area contributed by atoms with Crippen LogP contribution in [0.25, 0.3) is 0 Å². The zero-order valence-corrected chi connectivity index (χ0v) is 10.6. The van der Waals surface area contributed by atoms with E-state index in [-0.39, 0.29) is 11.7 Å². The standard InChI is InChI=1S/C14H13NO2S/c16-14(18-13-8-4-5-9-15-13)11-17-10-12-6-2-1-3-7-12/h1-9H,10-11H2. The van der Waals surface area contributed by atoms with E-state index < -0.39 is 0 Å². The minimum Gasteiger partial charge on any atom is -0.368 e. The molecule has 3 nitrogen and oxygen atoms in total. The lowest BCUT2D eigenvalue weighted by molar-refractivity contribution is -0.115. The molecule has 0 atom stereocenters. The van der Waals surface area contributed by atoms with Crippen molar-refractivity contribution in [2.75, 3.05) is 6.61 Å². The molecule has 0 saturated heterocycles. The Morgan fingerprint density at radius 2 is 1.89 bits per heavy atom. The maximum Gasteiger partial charge on any atom is 0.220 e. The van der Waals surface area contributed by atoms with Gasteiger partial charge >= 0.3 is 0 Å². The van der Waals surface area contributed by atoms with Crippen molar-refractivity contribution in [3.05, 3.63) is 60.3 Å². The molecule has 0 spiro atoms. The predicted molar refractivity (Wildman–Crippen MR) is 71.2 cm³/mol. The normalized spacial score (nSPS) is 10.2. The highest BCUT2D eigenvalue weighted by Gasteiger charge is 2.05. The van der Waals surface area contributed by atoms with Crippen molar-refractivity contribution in [2.45, 2.75) is 11.6 Å². The summed E-state index contributed by atoms with van der Waals surface area (Å²) in [6, 6.07) is 15.3. The number of hydrogen-bond donors (Lipinski definition) is 0. The van der Waals surface area contributed by atoms with Gasteiger partial charge in [-0.15, -0.1) is 0 Å². The molecule has 1 heterocycles. The highest BCUT2D eigenvalue weighted by atomic mass is 32.2. The Balaban J connectivity index is 1.73. The van der Waals surface area contributed by atoms with Crippen LogP contribution in [-0.2, 0) is 16.1 Å². The van der Waals surface area contributed by atoms with E-state index in [1.807, 2.05) is 42.5 Å². The second kappa shape index (κ2) is 6.93. The quantitative estimate of drug-likeness (QED) is 0.774. The molecule has 2 aromatic rings. The number of benzene rings is 1. The SMILES string of the molecule is O=C(COCc1ccccc1)Sc1ccccn1. The number of thioether (sulfide) groups is 1. The first-order valence-corrected chi connectivity index (χ1v) is 6.39. The number of pyridine rings is 1. The van der Waals surface area contributed by atoms with Crippen molar-refractivity contribution in [1.82, 2.24) is 4.98 Å². The molecule has 18 heavy (non-hydrogen) atoms. The van der Waals surface area contributed by atoms with E-state index in [0.29, 0.717) is 11.6 Å². The number of carbonyl (C=O) groups is 1. The first kappa shape index (κ1) is 12.8. The molecule has 92 valence electrons. The van der Waals surface area contributed by atoms with Crippen LogP contribution in [0.2, 0.25) is 0 Å². The molecule has 1 aromatic heterocycles. The van der Waals surface area contributed by atoms with Gasteiger partial charge < -0.3 is 4.74 Å². The summed E-state index contributed by atoms with van der Waals surface area (Å²) in [4.78, 5) is 15.7. The Bertz CT molecular complexity index is 488. The van der Waals surface area contributed by atoms with Crippen molar-refractivity contribution < 1.29 is 9.53 Å². The van der Waals surface area contributed by atoms with E-state index in [4.69, 9.17) is 4.74 Å². The molecular weight excluding hydrogens is 246 g/mol. The summed E-state index contributed by atoms with van der Waals surface area (Å²) in [5, 5.41) is 0.662.